The SMILES string of the molecule is Cn1cccc(C(=O)NC2CCN(C(=O)[C@@H]3c4ccccc4[C@]4(c5ccccc5)CC3[C@@H](C(=O)OC(C)(C)C)NC4=O)CC2)c1=O. The van der Waals surface area contributed by atoms with Crippen molar-refractivity contribution in [3.63, 3.8) is 0 Å². The van der Waals surface area contributed by atoms with Gasteiger partial charge in [-0.1, -0.05) is 54.6 Å². The molecule has 0 spiro atoms. The number of hydrogen-bond acceptors (Lipinski definition) is 6. The van der Waals surface area contributed by atoms with Gasteiger partial charge in [0.15, 0.2) is 0 Å². The summed E-state index contributed by atoms with van der Waals surface area (Å²) in [4.78, 5) is 69.5. The van der Waals surface area contributed by atoms with Crippen LogP contribution in [0.4, 0.5) is 0 Å². The number of benzene rings is 2. The van der Waals surface area contributed by atoms with E-state index in [4.69, 9.17) is 4.74 Å². The molecule has 46 heavy (non-hydrogen) atoms. The normalized spacial score (nSPS) is 24.4. The van der Waals surface area contributed by atoms with Crippen LogP contribution in [0.1, 0.15) is 73.0 Å². The predicted octanol–water partition coefficient (Wildman–Crippen LogP) is 3.04. The Labute approximate surface area is 268 Å². The summed E-state index contributed by atoms with van der Waals surface area (Å²) in [7, 11) is 1.60. The minimum Gasteiger partial charge on any atom is -0.458 e. The molecule has 3 aliphatic rings. The highest BCUT2D eigenvalue weighted by molar-refractivity contribution is 6.00. The maximum atomic E-state index is 14.6. The lowest BCUT2D eigenvalue weighted by molar-refractivity contribution is -0.164. The quantitative estimate of drug-likeness (QED) is 0.421. The number of rotatable bonds is 5. The van der Waals surface area contributed by atoms with Gasteiger partial charge in [-0.25, -0.2) is 4.79 Å². The van der Waals surface area contributed by atoms with E-state index in [0.717, 1.165) is 16.7 Å². The van der Waals surface area contributed by atoms with E-state index in [0.29, 0.717) is 25.9 Å². The highest BCUT2D eigenvalue weighted by atomic mass is 16.6. The van der Waals surface area contributed by atoms with E-state index in [1.165, 1.54) is 10.6 Å². The lowest BCUT2D eigenvalue weighted by atomic mass is 9.55. The summed E-state index contributed by atoms with van der Waals surface area (Å²) >= 11 is 0. The molecule has 3 aromatic rings. The number of nitrogens with zero attached hydrogens (tertiary/aromatic N) is 2. The third-order valence-electron chi connectivity index (χ3n) is 9.53. The van der Waals surface area contributed by atoms with Crippen LogP contribution < -0.4 is 16.2 Å². The summed E-state index contributed by atoms with van der Waals surface area (Å²) < 4.78 is 7.14. The van der Waals surface area contributed by atoms with Gasteiger partial charge >= 0.3 is 5.97 Å². The zero-order chi connectivity index (χ0) is 32.8. The number of aryl methyl sites for hydroxylation is 1. The number of piperidine rings is 2. The lowest BCUT2D eigenvalue weighted by Crippen LogP contribution is -2.65. The van der Waals surface area contributed by atoms with E-state index < -0.39 is 40.8 Å². The predicted molar refractivity (Wildman–Crippen MR) is 171 cm³/mol. The van der Waals surface area contributed by atoms with Gasteiger partial charge in [0.2, 0.25) is 11.8 Å². The minimum absolute atomic E-state index is 0.0803. The lowest BCUT2D eigenvalue weighted by Gasteiger charge is -2.52. The van der Waals surface area contributed by atoms with Crippen LogP contribution in [0.5, 0.6) is 0 Å². The zero-order valence-corrected chi connectivity index (χ0v) is 26.6. The molecule has 0 radical (unpaired) electrons. The first-order valence-corrected chi connectivity index (χ1v) is 15.8. The summed E-state index contributed by atoms with van der Waals surface area (Å²) in [6.45, 7) is 6.13. The molecular formula is C36H40N4O6. The van der Waals surface area contributed by atoms with Crippen molar-refractivity contribution in [2.75, 3.05) is 13.1 Å². The van der Waals surface area contributed by atoms with E-state index >= 15 is 0 Å². The van der Waals surface area contributed by atoms with E-state index in [9.17, 15) is 24.0 Å². The molecule has 10 nitrogen and oxygen atoms in total. The van der Waals surface area contributed by atoms with Gasteiger partial charge in [0.25, 0.3) is 11.5 Å². The smallest absolute Gasteiger partial charge is 0.329 e. The first-order chi connectivity index (χ1) is 21.9. The molecule has 10 heteroatoms. The largest absolute Gasteiger partial charge is 0.458 e. The van der Waals surface area contributed by atoms with Gasteiger partial charge in [0.1, 0.15) is 17.2 Å². The number of nitrogens with one attached hydrogen (secondary N) is 2. The van der Waals surface area contributed by atoms with Gasteiger partial charge in [0, 0.05) is 38.3 Å². The van der Waals surface area contributed by atoms with Crippen molar-refractivity contribution < 1.29 is 23.9 Å². The number of aromatic nitrogens is 1. The van der Waals surface area contributed by atoms with Crippen LogP contribution in [-0.2, 0) is 31.6 Å². The Morgan fingerprint density at radius 3 is 2.30 bits per heavy atom. The average molecular weight is 625 g/mol. The molecule has 4 atom stereocenters. The van der Waals surface area contributed by atoms with E-state index in [1.807, 2.05) is 54.6 Å². The fraction of sp³-hybridized carbons (Fsp3) is 0.417. The Balaban J connectivity index is 1.30. The molecule has 240 valence electrons. The second kappa shape index (κ2) is 11.9. The molecule has 3 amide bonds. The highest BCUT2D eigenvalue weighted by Crippen LogP contribution is 2.54. The minimum atomic E-state index is -1.07. The van der Waals surface area contributed by atoms with E-state index in [-0.39, 0.29) is 35.4 Å². The van der Waals surface area contributed by atoms with Crippen LogP contribution in [0.25, 0.3) is 0 Å². The summed E-state index contributed by atoms with van der Waals surface area (Å²) in [5.41, 5.74) is 0.185. The van der Waals surface area contributed by atoms with Gasteiger partial charge in [-0.3, -0.25) is 19.2 Å². The molecule has 2 aromatic carbocycles. The second-order valence-corrected chi connectivity index (χ2v) is 13.6. The van der Waals surface area contributed by atoms with Crippen molar-refractivity contribution in [3.05, 3.63) is 106 Å². The number of amides is 3. The Kier molecular flexibility index (Phi) is 8.08. The molecule has 1 unspecified atom stereocenters. The van der Waals surface area contributed by atoms with Gasteiger partial charge in [-0.15, -0.1) is 0 Å². The van der Waals surface area contributed by atoms with Crippen LogP contribution in [-0.4, -0.2) is 63.9 Å². The second-order valence-electron chi connectivity index (χ2n) is 13.6. The molecule has 6 rings (SSSR count). The van der Waals surface area contributed by atoms with Crippen molar-refractivity contribution in [2.24, 2.45) is 13.0 Å². The molecule has 2 saturated heterocycles. The number of esters is 1. The Hall–Kier alpha value is -4.73. The van der Waals surface area contributed by atoms with E-state index in [2.05, 4.69) is 10.6 Å². The third kappa shape index (κ3) is 5.50. The number of fused-ring (bicyclic) bond motifs is 4. The van der Waals surface area contributed by atoms with Crippen LogP contribution >= 0.6 is 0 Å². The third-order valence-corrected chi connectivity index (χ3v) is 9.53. The summed E-state index contributed by atoms with van der Waals surface area (Å²) in [6.07, 6.45) is 2.91. The molecule has 3 heterocycles. The van der Waals surface area contributed by atoms with Gasteiger partial charge in [-0.2, -0.15) is 0 Å². The van der Waals surface area contributed by atoms with Crippen molar-refractivity contribution in [3.8, 4) is 0 Å². The van der Waals surface area contributed by atoms with Crippen molar-refractivity contribution in [1.29, 1.82) is 0 Å². The van der Waals surface area contributed by atoms with Crippen molar-refractivity contribution in [2.45, 2.75) is 69.1 Å². The first kappa shape index (κ1) is 31.3. The number of carbonyl (C=O) groups excluding carboxylic acids is 4. The zero-order valence-electron chi connectivity index (χ0n) is 26.6. The fourth-order valence-corrected chi connectivity index (χ4v) is 7.38. The monoisotopic (exact) mass is 624 g/mol. The molecule has 2 N–H and O–H groups in total. The topological polar surface area (TPSA) is 127 Å². The maximum absolute atomic E-state index is 14.6. The maximum Gasteiger partial charge on any atom is 0.329 e. The number of carbonyl (C=O) groups is 4. The fourth-order valence-electron chi connectivity index (χ4n) is 7.38. The number of likely N-dealkylation sites (tertiary alicyclic amines) is 1. The Morgan fingerprint density at radius 2 is 1.61 bits per heavy atom. The summed E-state index contributed by atoms with van der Waals surface area (Å²) in [5.74, 6) is -2.63. The van der Waals surface area contributed by atoms with Crippen molar-refractivity contribution >= 4 is 23.7 Å². The molecular weight excluding hydrogens is 584 g/mol. The number of ether oxygens (including phenoxy) is 1. The molecule has 2 aliphatic heterocycles. The first-order valence-electron chi connectivity index (χ1n) is 15.8. The summed E-state index contributed by atoms with van der Waals surface area (Å²) in [6, 6.07) is 19.1. The van der Waals surface area contributed by atoms with Crippen LogP contribution in [0.15, 0.2) is 77.7 Å². The molecule has 2 fully saturated rings. The van der Waals surface area contributed by atoms with Crippen LogP contribution in [0.3, 0.4) is 0 Å². The van der Waals surface area contributed by atoms with E-state index in [1.54, 1.807) is 45.0 Å². The Morgan fingerprint density at radius 1 is 0.935 bits per heavy atom. The number of hydrogen-bond donors (Lipinski definition) is 2. The van der Waals surface area contributed by atoms with Crippen molar-refractivity contribution in [1.82, 2.24) is 20.1 Å². The Bertz CT molecular complexity index is 1740. The highest BCUT2D eigenvalue weighted by Gasteiger charge is 2.60. The van der Waals surface area contributed by atoms with Gasteiger partial charge in [-0.05, 0) is 68.9 Å². The molecule has 2 bridgehead atoms. The number of pyridine rings is 1. The molecule has 1 aliphatic carbocycles. The van der Waals surface area contributed by atoms with Crippen LogP contribution in [0, 0.1) is 5.92 Å². The van der Waals surface area contributed by atoms with Gasteiger partial charge in [0.05, 0.1) is 11.3 Å². The summed E-state index contributed by atoms with van der Waals surface area (Å²) in [5, 5.41) is 5.97. The standard InChI is InChI=1S/C36H40N4O6/c1-35(2,3)46-33(44)29-26-21-36(34(45)38-29,22-11-6-5-7-12-22)27-15-9-8-13-24(27)28(26)32(43)40-19-16-23(17-20-40)37-30(41)25-14-10-18-39(4)31(25)42/h5-15,18,23,26,28-29H,16-17,19-21H2,1-4H3,(H,37,41)(H,38,45)/t26?,28-,29+,36-/m1/s1. The molecule has 0 saturated carbocycles. The van der Waals surface area contributed by atoms with Crippen LogP contribution in [0.2, 0.25) is 0 Å². The van der Waals surface area contributed by atoms with Gasteiger partial charge < -0.3 is 24.8 Å². The average Bonchev–Trinajstić information content (AvgIpc) is 3.03. The molecule has 1 aromatic heterocycles.